The van der Waals surface area contributed by atoms with Crippen molar-refractivity contribution in [3.63, 3.8) is 0 Å². The summed E-state index contributed by atoms with van der Waals surface area (Å²) in [6.45, 7) is 10.0. The lowest BCUT2D eigenvalue weighted by Gasteiger charge is -2.24. The van der Waals surface area contributed by atoms with Crippen molar-refractivity contribution in [3.05, 3.63) is 11.4 Å². The number of nitrogens with zero attached hydrogens (tertiary/aromatic N) is 3. The van der Waals surface area contributed by atoms with Gasteiger partial charge in [-0.25, -0.2) is 4.98 Å². The molecule has 0 unspecified atom stereocenters. The van der Waals surface area contributed by atoms with Gasteiger partial charge in [0.1, 0.15) is 0 Å². The van der Waals surface area contributed by atoms with Crippen molar-refractivity contribution in [2.24, 2.45) is 11.1 Å². The minimum absolute atomic E-state index is 0.147. The molecule has 1 aromatic rings. The molecule has 0 bridgehead atoms. The van der Waals surface area contributed by atoms with Gasteiger partial charge in [0.2, 0.25) is 5.95 Å². The van der Waals surface area contributed by atoms with Gasteiger partial charge in [-0.05, 0) is 31.2 Å². The highest BCUT2D eigenvalue weighted by Crippen LogP contribution is 2.19. The number of nitrogens with two attached hydrogens (primary N) is 1. The Bertz CT molecular complexity index is 376. The maximum Gasteiger partial charge on any atom is 0.242 e. The van der Waals surface area contributed by atoms with Crippen LogP contribution in [0.5, 0.6) is 0 Å². The molecule has 102 valence electrons. The number of hydrogen-bond acceptors (Lipinski definition) is 5. The molecule has 0 aliphatic rings. The molecule has 0 aliphatic heterocycles. The average Bonchev–Trinajstić information content (AvgIpc) is 2.36. The molecule has 0 saturated carbocycles. The van der Waals surface area contributed by atoms with E-state index in [4.69, 9.17) is 5.73 Å². The fourth-order valence-electron chi connectivity index (χ4n) is 1.81. The van der Waals surface area contributed by atoms with Gasteiger partial charge in [0, 0.05) is 6.54 Å². The van der Waals surface area contributed by atoms with Gasteiger partial charge < -0.3 is 11.1 Å². The molecule has 5 nitrogen and oxygen atoms in total. The number of aromatic nitrogens is 3. The van der Waals surface area contributed by atoms with Crippen molar-refractivity contribution in [2.75, 3.05) is 18.4 Å². The molecule has 5 heteroatoms. The Kier molecular flexibility index (Phi) is 5.47. The molecule has 3 N–H and O–H groups in total. The van der Waals surface area contributed by atoms with E-state index in [0.717, 1.165) is 37.2 Å². The lowest BCUT2D eigenvalue weighted by Crippen LogP contribution is -2.27. The summed E-state index contributed by atoms with van der Waals surface area (Å²) in [6, 6.07) is 0. The third-order valence-corrected chi connectivity index (χ3v) is 3.06. The Morgan fingerprint density at radius 2 is 1.78 bits per heavy atom. The second kappa shape index (κ2) is 6.64. The highest BCUT2D eigenvalue weighted by Gasteiger charge is 2.17. The van der Waals surface area contributed by atoms with Gasteiger partial charge in [-0.1, -0.05) is 27.7 Å². The Hall–Kier alpha value is -1.23. The molecule has 0 aromatic carbocycles. The lowest BCUT2D eigenvalue weighted by molar-refractivity contribution is 0.364. The van der Waals surface area contributed by atoms with Crippen LogP contribution in [-0.2, 0) is 12.8 Å². The average molecular weight is 251 g/mol. The number of anilines is 1. The number of nitrogens with one attached hydrogen (secondary N) is 1. The van der Waals surface area contributed by atoms with Crippen molar-refractivity contribution < 1.29 is 0 Å². The second-order valence-electron chi connectivity index (χ2n) is 5.29. The normalized spacial score (nSPS) is 11.6. The lowest BCUT2D eigenvalue weighted by atomic mass is 9.89. The van der Waals surface area contributed by atoms with Crippen molar-refractivity contribution in [1.29, 1.82) is 0 Å². The van der Waals surface area contributed by atoms with E-state index in [1.165, 1.54) is 0 Å². The highest BCUT2D eigenvalue weighted by molar-refractivity contribution is 5.26. The second-order valence-corrected chi connectivity index (χ2v) is 5.29. The fraction of sp³-hybridized carbons (Fsp3) is 0.769. The SMILES string of the molecule is CCc1nnc(NCC(C)(C)CCN)nc1CC. The fourth-order valence-corrected chi connectivity index (χ4v) is 1.81. The summed E-state index contributed by atoms with van der Waals surface area (Å²) in [4.78, 5) is 4.51. The number of hydrogen-bond donors (Lipinski definition) is 2. The molecule has 0 spiro atoms. The Morgan fingerprint density at radius 1 is 1.11 bits per heavy atom. The Labute approximate surface area is 110 Å². The number of rotatable bonds is 7. The smallest absolute Gasteiger partial charge is 0.242 e. The topological polar surface area (TPSA) is 76.7 Å². The summed E-state index contributed by atoms with van der Waals surface area (Å²) in [5.74, 6) is 0.620. The maximum absolute atomic E-state index is 5.60. The van der Waals surface area contributed by atoms with Crippen LogP contribution in [0, 0.1) is 5.41 Å². The van der Waals surface area contributed by atoms with Gasteiger partial charge >= 0.3 is 0 Å². The molecule has 0 saturated heterocycles. The van der Waals surface area contributed by atoms with Crippen molar-refractivity contribution in [2.45, 2.75) is 47.0 Å². The Morgan fingerprint density at radius 3 is 2.33 bits per heavy atom. The van der Waals surface area contributed by atoms with Crippen molar-refractivity contribution in [1.82, 2.24) is 15.2 Å². The molecular formula is C13H25N5. The molecule has 1 rings (SSSR count). The first-order chi connectivity index (χ1) is 8.52. The molecule has 1 heterocycles. The van der Waals surface area contributed by atoms with Crippen LogP contribution in [0.3, 0.4) is 0 Å². The van der Waals surface area contributed by atoms with Gasteiger partial charge in [0.05, 0.1) is 11.4 Å². The van der Waals surface area contributed by atoms with Crippen LogP contribution in [0.15, 0.2) is 0 Å². The first-order valence-electron chi connectivity index (χ1n) is 6.68. The molecular weight excluding hydrogens is 226 g/mol. The van der Waals surface area contributed by atoms with Crippen molar-refractivity contribution in [3.8, 4) is 0 Å². The summed E-state index contributed by atoms with van der Waals surface area (Å²) in [7, 11) is 0. The van der Waals surface area contributed by atoms with Crippen LogP contribution in [0.25, 0.3) is 0 Å². The zero-order chi connectivity index (χ0) is 13.6. The first kappa shape index (κ1) is 14.8. The molecule has 18 heavy (non-hydrogen) atoms. The first-order valence-corrected chi connectivity index (χ1v) is 6.68. The molecule has 0 fully saturated rings. The highest BCUT2D eigenvalue weighted by atomic mass is 15.2. The summed E-state index contributed by atoms with van der Waals surface area (Å²) >= 11 is 0. The van der Waals surface area contributed by atoms with Crippen LogP contribution in [0.1, 0.15) is 45.5 Å². The van der Waals surface area contributed by atoms with E-state index in [9.17, 15) is 0 Å². The summed E-state index contributed by atoms with van der Waals surface area (Å²) < 4.78 is 0. The van der Waals surface area contributed by atoms with E-state index >= 15 is 0 Å². The monoisotopic (exact) mass is 251 g/mol. The standard InChI is InChI=1S/C13H25N5/c1-5-10-11(6-2)17-18-12(16-10)15-9-13(3,4)7-8-14/h5-9,14H2,1-4H3,(H,15,16,18). The molecule has 0 atom stereocenters. The quantitative estimate of drug-likeness (QED) is 0.772. The van der Waals surface area contributed by atoms with E-state index in [0.29, 0.717) is 12.5 Å². The third-order valence-electron chi connectivity index (χ3n) is 3.06. The van der Waals surface area contributed by atoms with Gasteiger partial charge in [0.15, 0.2) is 0 Å². The van der Waals surface area contributed by atoms with Crippen molar-refractivity contribution >= 4 is 5.95 Å². The van der Waals surface area contributed by atoms with Gasteiger partial charge in [-0.2, -0.15) is 5.10 Å². The summed E-state index contributed by atoms with van der Waals surface area (Å²) in [5.41, 5.74) is 7.77. The zero-order valence-electron chi connectivity index (χ0n) is 12.0. The third kappa shape index (κ3) is 4.22. The van der Waals surface area contributed by atoms with Crippen LogP contribution < -0.4 is 11.1 Å². The van der Waals surface area contributed by atoms with Crippen LogP contribution in [-0.4, -0.2) is 28.3 Å². The van der Waals surface area contributed by atoms with E-state index in [-0.39, 0.29) is 5.41 Å². The number of aryl methyl sites for hydroxylation is 2. The largest absolute Gasteiger partial charge is 0.352 e. The van der Waals surface area contributed by atoms with E-state index < -0.39 is 0 Å². The van der Waals surface area contributed by atoms with E-state index in [1.807, 2.05) is 0 Å². The molecule has 0 aliphatic carbocycles. The van der Waals surface area contributed by atoms with Crippen LogP contribution in [0.4, 0.5) is 5.95 Å². The summed E-state index contributed by atoms with van der Waals surface area (Å²) in [5, 5.41) is 11.6. The van der Waals surface area contributed by atoms with E-state index in [2.05, 4.69) is 48.2 Å². The molecule has 1 aromatic heterocycles. The maximum atomic E-state index is 5.60. The summed E-state index contributed by atoms with van der Waals surface area (Å²) in [6.07, 6.45) is 2.74. The minimum Gasteiger partial charge on any atom is -0.352 e. The minimum atomic E-state index is 0.147. The van der Waals surface area contributed by atoms with Gasteiger partial charge in [-0.3, -0.25) is 0 Å². The zero-order valence-corrected chi connectivity index (χ0v) is 12.0. The molecule has 0 radical (unpaired) electrons. The van der Waals surface area contributed by atoms with E-state index in [1.54, 1.807) is 0 Å². The predicted molar refractivity (Wildman–Crippen MR) is 74.5 cm³/mol. The van der Waals surface area contributed by atoms with Crippen LogP contribution in [0.2, 0.25) is 0 Å². The van der Waals surface area contributed by atoms with Crippen LogP contribution >= 0.6 is 0 Å². The van der Waals surface area contributed by atoms with Gasteiger partial charge in [-0.15, -0.1) is 5.10 Å². The molecule has 0 amide bonds. The van der Waals surface area contributed by atoms with Gasteiger partial charge in [0.25, 0.3) is 0 Å². The Balaban J connectivity index is 2.68. The predicted octanol–water partition coefficient (Wildman–Crippen LogP) is 1.78.